The Morgan fingerprint density at radius 3 is 2.81 bits per heavy atom. The van der Waals surface area contributed by atoms with Crippen LogP contribution in [-0.2, 0) is 4.79 Å². The third kappa shape index (κ3) is 4.51. The van der Waals surface area contributed by atoms with Gasteiger partial charge in [0.25, 0.3) is 0 Å². The van der Waals surface area contributed by atoms with E-state index in [1.807, 2.05) is 20.8 Å². The van der Waals surface area contributed by atoms with Gasteiger partial charge in [-0.05, 0) is 17.5 Å². The van der Waals surface area contributed by atoms with Gasteiger partial charge in [0.15, 0.2) is 17.2 Å². The molecule has 160 valence electrons. The highest BCUT2D eigenvalue weighted by atomic mass is 35.5. The number of carboxylic acids is 1. The van der Waals surface area contributed by atoms with E-state index in [1.165, 1.54) is 6.20 Å². The van der Waals surface area contributed by atoms with Gasteiger partial charge in [-0.25, -0.2) is 19.9 Å². The second kappa shape index (κ2) is 7.99. The van der Waals surface area contributed by atoms with Gasteiger partial charge in [-0.15, -0.1) is 0 Å². The zero-order valence-corrected chi connectivity index (χ0v) is 17.9. The third-order valence-electron chi connectivity index (χ3n) is 4.84. The second-order valence-electron chi connectivity index (χ2n) is 8.19. The molecule has 0 aliphatic rings. The summed E-state index contributed by atoms with van der Waals surface area (Å²) in [5.74, 6) is 0.514. The molecular formula is C21H21ClN6O3. The van der Waals surface area contributed by atoms with Crippen molar-refractivity contribution in [3.63, 3.8) is 0 Å². The van der Waals surface area contributed by atoms with Crippen LogP contribution in [0.2, 0.25) is 5.15 Å². The van der Waals surface area contributed by atoms with Crippen LogP contribution in [0.4, 0.5) is 5.82 Å². The van der Waals surface area contributed by atoms with Crippen molar-refractivity contribution in [1.82, 2.24) is 24.9 Å². The summed E-state index contributed by atoms with van der Waals surface area (Å²) in [4.78, 5) is 32.3. The number of furan rings is 1. The molecule has 4 rings (SSSR count). The van der Waals surface area contributed by atoms with E-state index in [0.29, 0.717) is 39.8 Å². The van der Waals surface area contributed by atoms with Crippen molar-refractivity contribution in [3.05, 3.63) is 42.0 Å². The lowest BCUT2D eigenvalue weighted by Crippen LogP contribution is -2.36. The van der Waals surface area contributed by atoms with Crippen LogP contribution in [0.5, 0.6) is 0 Å². The molecule has 10 heteroatoms. The van der Waals surface area contributed by atoms with Crippen molar-refractivity contribution in [2.45, 2.75) is 33.2 Å². The smallest absolute Gasteiger partial charge is 0.305 e. The Bertz CT molecular complexity index is 1230. The molecule has 1 atom stereocenters. The molecule has 4 aromatic rings. The molecule has 0 bridgehead atoms. The number of nitrogens with zero attached hydrogens (tertiary/aromatic N) is 4. The first-order valence-corrected chi connectivity index (χ1v) is 10.00. The molecule has 0 fully saturated rings. The summed E-state index contributed by atoms with van der Waals surface area (Å²) in [6, 6.07) is 4.93. The Morgan fingerprint density at radius 2 is 2.13 bits per heavy atom. The molecule has 0 aromatic carbocycles. The third-order valence-corrected chi connectivity index (χ3v) is 5.02. The number of anilines is 1. The summed E-state index contributed by atoms with van der Waals surface area (Å²) < 4.78 is 5.52. The quantitative estimate of drug-likeness (QED) is 0.395. The van der Waals surface area contributed by atoms with Gasteiger partial charge in [-0.3, -0.25) is 4.79 Å². The molecular weight excluding hydrogens is 420 g/mol. The first kappa shape index (κ1) is 20.8. The minimum atomic E-state index is -0.894. The molecule has 4 aromatic heterocycles. The van der Waals surface area contributed by atoms with Crippen LogP contribution < -0.4 is 5.32 Å². The van der Waals surface area contributed by atoms with Crippen LogP contribution in [0.3, 0.4) is 0 Å². The number of hydrogen-bond donors (Lipinski definition) is 3. The van der Waals surface area contributed by atoms with Crippen molar-refractivity contribution in [2.75, 3.05) is 5.32 Å². The standard InChI is InChI=1S/C21H21ClN6O3/c1-21(2,3)14(8-17(29)30)26-16-7-12(13-5-4-6-31-13)25-19(28-16)11-9-23-20-18(11)27-15(22)10-24-20/h4-7,9-10,14H,8H2,1-3H3,(H,23,24)(H,29,30)(H,25,26,28)/t14-/m1/s1. The Balaban J connectivity index is 1.83. The summed E-state index contributed by atoms with van der Waals surface area (Å²) >= 11 is 6.03. The van der Waals surface area contributed by atoms with Crippen molar-refractivity contribution >= 4 is 34.6 Å². The number of aliphatic carboxylic acids is 1. The fourth-order valence-electron chi connectivity index (χ4n) is 3.16. The Labute approximate surface area is 182 Å². The molecule has 0 aliphatic carbocycles. The fraction of sp³-hybridized carbons (Fsp3) is 0.286. The van der Waals surface area contributed by atoms with Gasteiger partial charge >= 0.3 is 5.97 Å². The van der Waals surface area contributed by atoms with E-state index >= 15 is 0 Å². The van der Waals surface area contributed by atoms with Crippen molar-refractivity contribution in [2.24, 2.45) is 5.41 Å². The number of aromatic nitrogens is 5. The van der Waals surface area contributed by atoms with E-state index in [4.69, 9.17) is 16.0 Å². The second-order valence-corrected chi connectivity index (χ2v) is 8.58. The molecule has 4 heterocycles. The number of carbonyl (C=O) groups is 1. The number of fused-ring (bicyclic) bond motifs is 1. The number of hydrogen-bond acceptors (Lipinski definition) is 7. The normalized spacial score (nSPS) is 12.8. The van der Waals surface area contributed by atoms with Gasteiger partial charge in [0.2, 0.25) is 0 Å². The fourth-order valence-corrected chi connectivity index (χ4v) is 3.29. The highest BCUT2D eigenvalue weighted by Crippen LogP contribution is 2.31. The van der Waals surface area contributed by atoms with Crippen molar-refractivity contribution in [3.8, 4) is 22.8 Å². The first-order chi connectivity index (χ1) is 14.7. The predicted octanol–water partition coefficient (Wildman–Crippen LogP) is 4.63. The van der Waals surface area contributed by atoms with E-state index in [2.05, 4.69) is 30.2 Å². The van der Waals surface area contributed by atoms with Crippen LogP contribution in [0.15, 0.2) is 41.3 Å². The first-order valence-electron chi connectivity index (χ1n) is 9.62. The number of halogens is 1. The van der Waals surface area contributed by atoms with Crippen LogP contribution in [0.1, 0.15) is 27.2 Å². The molecule has 0 aliphatic heterocycles. The summed E-state index contributed by atoms with van der Waals surface area (Å²) in [5, 5.41) is 12.9. The molecule has 3 N–H and O–H groups in total. The average molecular weight is 441 g/mol. The largest absolute Gasteiger partial charge is 0.481 e. The zero-order valence-electron chi connectivity index (χ0n) is 17.2. The van der Waals surface area contributed by atoms with Crippen molar-refractivity contribution < 1.29 is 14.3 Å². The van der Waals surface area contributed by atoms with E-state index < -0.39 is 5.97 Å². The summed E-state index contributed by atoms with van der Waals surface area (Å²) in [6.45, 7) is 5.92. The SMILES string of the molecule is CC(C)(C)[C@@H](CC(=O)O)Nc1cc(-c2ccco2)nc(-c2c[nH]c3ncc(Cl)nc23)n1. The molecule has 0 radical (unpaired) electrons. The van der Waals surface area contributed by atoms with Gasteiger partial charge < -0.3 is 19.8 Å². The highest BCUT2D eigenvalue weighted by Gasteiger charge is 2.28. The Morgan fingerprint density at radius 1 is 1.32 bits per heavy atom. The monoisotopic (exact) mass is 440 g/mol. The number of aromatic amines is 1. The number of nitrogens with one attached hydrogen (secondary N) is 2. The summed E-state index contributed by atoms with van der Waals surface area (Å²) in [7, 11) is 0. The van der Waals surface area contributed by atoms with E-state index in [1.54, 1.807) is 30.7 Å². The minimum absolute atomic E-state index is 0.0624. The van der Waals surface area contributed by atoms with E-state index in [0.717, 1.165) is 0 Å². The van der Waals surface area contributed by atoms with Crippen LogP contribution >= 0.6 is 11.6 Å². The Hall–Kier alpha value is -3.46. The topological polar surface area (TPSA) is 130 Å². The zero-order chi connectivity index (χ0) is 22.2. The maximum atomic E-state index is 11.4. The molecule has 0 amide bonds. The van der Waals surface area contributed by atoms with E-state index in [-0.39, 0.29) is 23.0 Å². The lowest BCUT2D eigenvalue weighted by Gasteiger charge is -2.31. The molecule has 9 nitrogen and oxygen atoms in total. The molecule has 0 spiro atoms. The number of rotatable bonds is 6. The molecule has 31 heavy (non-hydrogen) atoms. The van der Waals surface area contributed by atoms with Crippen LogP contribution in [-0.4, -0.2) is 42.0 Å². The lowest BCUT2D eigenvalue weighted by atomic mass is 9.85. The molecule has 0 unspecified atom stereocenters. The number of H-pyrrole nitrogens is 1. The Kier molecular flexibility index (Phi) is 5.36. The maximum absolute atomic E-state index is 11.4. The van der Waals surface area contributed by atoms with Gasteiger partial charge in [0.05, 0.1) is 24.4 Å². The number of carboxylic acid groups (broad SMARTS) is 1. The lowest BCUT2D eigenvalue weighted by molar-refractivity contribution is -0.137. The van der Waals surface area contributed by atoms with E-state index in [9.17, 15) is 9.90 Å². The van der Waals surface area contributed by atoms with Gasteiger partial charge in [0, 0.05) is 18.3 Å². The van der Waals surface area contributed by atoms with Gasteiger partial charge in [-0.2, -0.15) is 0 Å². The predicted molar refractivity (Wildman–Crippen MR) is 117 cm³/mol. The maximum Gasteiger partial charge on any atom is 0.305 e. The minimum Gasteiger partial charge on any atom is -0.481 e. The van der Waals surface area contributed by atoms with Crippen LogP contribution in [0, 0.1) is 5.41 Å². The van der Waals surface area contributed by atoms with Gasteiger partial charge in [0.1, 0.15) is 22.2 Å². The summed E-state index contributed by atoms with van der Waals surface area (Å²) in [5.41, 5.74) is 1.93. The highest BCUT2D eigenvalue weighted by molar-refractivity contribution is 6.29. The molecule has 0 saturated heterocycles. The molecule has 0 saturated carbocycles. The average Bonchev–Trinajstić information content (AvgIpc) is 3.36. The van der Waals surface area contributed by atoms with Crippen molar-refractivity contribution in [1.29, 1.82) is 0 Å². The van der Waals surface area contributed by atoms with Crippen LogP contribution in [0.25, 0.3) is 34.0 Å². The summed E-state index contributed by atoms with van der Waals surface area (Å²) in [6.07, 6.45) is 4.66. The van der Waals surface area contributed by atoms with Gasteiger partial charge in [-0.1, -0.05) is 32.4 Å².